The highest BCUT2D eigenvalue weighted by atomic mass is 19.4. The predicted molar refractivity (Wildman–Crippen MR) is 92.5 cm³/mol. The van der Waals surface area contributed by atoms with E-state index >= 15 is 0 Å². The number of rotatable bonds is 6. The number of fused-ring (bicyclic) bond motifs is 1. The Balaban J connectivity index is 1.44. The Morgan fingerprint density at radius 1 is 1.08 bits per heavy atom. The van der Waals surface area contributed by atoms with Crippen molar-refractivity contribution >= 4 is 16.9 Å². The fraction of sp³-hybridized carbons (Fsp3) is 0.263. The summed E-state index contributed by atoms with van der Waals surface area (Å²) < 4.78 is 39.6. The van der Waals surface area contributed by atoms with Gasteiger partial charge in [-0.05, 0) is 36.2 Å². The second kappa shape index (κ2) is 7.59. The summed E-state index contributed by atoms with van der Waals surface area (Å²) in [4.78, 5) is 16.2. The molecule has 0 bridgehead atoms. The lowest BCUT2D eigenvalue weighted by Crippen LogP contribution is -2.26. The molecule has 0 aliphatic carbocycles. The highest BCUT2D eigenvalue weighted by Gasteiger charge is 2.29. The van der Waals surface area contributed by atoms with Gasteiger partial charge in [-0.25, -0.2) is 4.98 Å². The quantitative estimate of drug-likeness (QED) is 0.679. The number of benzene rings is 2. The molecule has 0 atom stereocenters. The third kappa shape index (κ3) is 4.41. The molecule has 1 amide bonds. The van der Waals surface area contributed by atoms with Crippen LogP contribution in [-0.4, -0.2) is 22.0 Å². The summed E-state index contributed by atoms with van der Waals surface area (Å²) in [5, 5.41) is 2.79. The summed E-state index contributed by atoms with van der Waals surface area (Å²) in [6.07, 6.45) is -1.79. The number of amides is 1. The Bertz CT molecular complexity index is 885. The molecule has 7 heteroatoms. The van der Waals surface area contributed by atoms with Gasteiger partial charge in [-0.15, -0.1) is 0 Å². The number of aromatic nitrogens is 2. The minimum Gasteiger partial charge on any atom is -0.356 e. The minimum absolute atomic E-state index is 0.0616. The molecule has 0 unspecified atom stereocenters. The van der Waals surface area contributed by atoms with E-state index in [0.29, 0.717) is 12.1 Å². The topological polar surface area (TPSA) is 46.9 Å². The first-order chi connectivity index (χ1) is 12.4. The molecule has 0 saturated carbocycles. The van der Waals surface area contributed by atoms with Gasteiger partial charge in [-0.2, -0.15) is 13.2 Å². The van der Waals surface area contributed by atoms with Crippen LogP contribution in [0.2, 0.25) is 0 Å². The summed E-state index contributed by atoms with van der Waals surface area (Å²) in [5.74, 6) is -0.208. The van der Waals surface area contributed by atoms with Crippen LogP contribution in [0.15, 0.2) is 54.9 Å². The minimum atomic E-state index is -4.36. The van der Waals surface area contributed by atoms with Crippen LogP contribution < -0.4 is 5.32 Å². The van der Waals surface area contributed by atoms with Crippen molar-refractivity contribution < 1.29 is 18.0 Å². The van der Waals surface area contributed by atoms with E-state index in [1.54, 1.807) is 6.33 Å². The average Bonchev–Trinajstić information content (AvgIpc) is 3.02. The molecule has 136 valence electrons. The lowest BCUT2D eigenvalue weighted by molar-refractivity contribution is -0.137. The molecule has 3 rings (SSSR count). The average molecular weight is 361 g/mol. The molecule has 0 saturated heterocycles. The number of halogens is 3. The van der Waals surface area contributed by atoms with Crippen molar-refractivity contribution in [3.8, 4) is 0 Å². The second-order valence-electron chi connectivity index (χ2n) is 6.00. The third-order valence-electron chi connectivity index (χ3n) is 4.07. The number of para-hydroxylation sites is 2. The van der Waals surface area contributed by atoms with E-state index in [9.17, 15) is 18.0 Å². The molecular weight excluding hydrogens is 343 g/mol. The van der Waals surface area contributed by atoms with Gasteiger partial charge in [0.25, 0.3) is 0 Å². The standard InChI is InChI=1S/C19H18F3N3O/c20-19(21,22)15-8-6-14(7-9-15)12-18(26)23-10-3-11-25-13-24-16-4-1-2-5-17(16)25/h1-2,4-9,13H,3,10-12H2,(H,23,26). The Morgan fingerprint density at radius 3 is 2.54 bits per heavy atom. The number of aryl methyl sites for hydroxylation is 1. The molecule has 1 N–H and O–H groups in total. The van der Waals surface area contributed by atoms with Gasteiger partial charge in [0.05, 0.1) is 29.3 Å². The van der Waals surface area contributed by atoms with Crippen LogP contribution in [0.25, 0.3) is 11.0 Å². The first-order valence-electron chi connectivity index (χ1n) is 8.26. The normalized spacial score (nSPS) is 11.7. The Morgan fingerprint density at radius 2 is 1.81 bits per heavy atom. The first kappa shape index (κ1) is 18.0. The molecule has 4 nitrogen and oxygen atoms in total. The van der Waals surface area contributed by atoms with E-state index in [4.69, 9.17) is 0 Å². The number of hydrogen-bond donors (Lipinski definition) is 1. The van der Waals surface area contributed by atoms with Crippen LogP contribution in [0, 0.1) is 0 Å². The van der Waals surface area contributed by atoms with Gasteiger partial charge in [0.1, 0.15) is 0 Å². The van der Waals surface area contributed by atoms with Crippen LogP contribution in [0.3, 0.4) is 0 Å². The van der Waals surface area contributed by atoms with E-state index in [2.05, 4.69) is 10.3 Å². The molecule has 26 heavy (non-hydrogen) atoms. The number of nitrogens with zero attached hydrogens (tertiary/aromatic N) is 2. The van der Waals surface area contributed by atoms with Crippen molar-refractivity contribution in [3.63, 3.8) is 0 Å². The van der Waals surface area contributed by atoms with Gasteiger partial charge in [-0.1, -0.05) is 24.3 Å². The molecule has 0 spiro atoms. The van der Waals surface area contributed by atoms with E-state index in [1.165, 1.54) is 12.1 Å². The molecule has 2 aromatic carbocycles. The van der Waals surface area contributed by atoms with Crippen molar-refractivity contribution in [3.05, 3.63) is 66.0 Å². The van der Waals surface area contributed by atoms with Gasteiger partial charge in [0, 0.05) is 13.1 Å². The van der Waals surface area contributed by atoms with Gasteiger partial charge >= 0.3 is 6.18 Å². The molecular formula is C19H18F3N3O. The molecule has 1 heterocycles. The van der Waals surface area contributed by atoms with Gasteiger partial charge < -0.3 is 9.88 Å². The van der Waals surface area contributed by atoms with Crippen molar-refractivity contribution in [2.45, 2.75) is 25.6 Å². The monoisotopic (exact) mass is 361 g/mol. The van der Waals surface area contributed by atoms with E-state index in [0.717, 1.165) is 36.1 Å². The maximum absolute atomic E-state index is 12.5. The molecule has 1 aromatic heterocycles. The lowest BCUT2D eigenvalue weighted by Gasteiger charge is -2.09. The summed E-state index contributed by atoms with van der Waals surface area (Å²) in [5.41, 5.74) is 1.81. The highest BCUT2D eigenvalue weighted by Crippen LogP contribution is 2.29. The fourth-order valence-corrected chi connectivity index (χ4v) is 2.73. The second-order valence-corrected chi connectivity index (χ2v) is 6.00. The van der Waals surface area contributed by atoms with Crippen molar-refractivity contribution in [2.24, 2.45) is 0 Å². The molecule has 0 aliphatic rings. The zero-order chi connectivity index (χ0) is 18.6. The number of hydrogen-bond acceptors (Lipinski definition) is 2. The predicted octanol–water partition coefficient (Wildman–Crippen LogP) is 3.80. The van der Waals surface area contributed by atoms with Crippen LogP contribution in [0.4, 0.5) is 13.2 Å². The van der Waals surface area contributed by atoms with Crippen LogP contribution in [0.5, 0.6) is 0 Å². The summed E-state index contributed by atoms with van der Waals surface area (Å²) >= 11 is 0. The fourth-order valence-electron chi connectivity index (χ4n) is 2.73. The number of imidazole rings is 1. The van der Waals surface area contributed by atoms with E-state index in [1.807, 2.05) is 28.8 Å². The molecule has 0 aliphatic heterocycles. The Kier molecular flexibility index (Phi) is 5.25. The molecule has 0 fully saturated rings. The van der Waals surface area contributed by atoms with Gasteiger partial charge in [0.15, 0.2) is 0 Å². The zero-order valence-corrected chi connectivity index (χ0v) is 14.0. The summed E-state index contributed by atoms with van der Waals surface area (Å²) in [7, 11) is 0. The maximum atomic E-state index is 12.5. The van der Waals surface area contributed by atoms with Crippen molar-refractivity contribution in [2.75, 3.05) is 6.54 Å². The maximum Gasteiger partial charge on any atom is 0.416 e. The number of carbonyl (C=O) groups is 1. The Hall–Kier alpha value is -2.83. The van der Waals surface area contributed by atoms with Gasteiger partial charge in [0.2, 0.25) is 5.91 Å². The SMILES string of the molecule is O=C(Cc1ccc(C(F)(F)F)cc1)NCCCn1cnc2ccccc21. The summed E-state index contributed by atoms with van der Waals surface area (Å²) in [6.45, 7) is 1.22. The Labute approximate surface area is 148 Å². The molecule has 3 aromatic rings. The van der Waals surface area contributed by atoms with Crippen LogP contribution >= 0.6 is 0 Å². The third-order valence-corrected chi connectivity index (χ3v) is 4.07. The van der Waals surface area contributed by atoms with Crippen molar-refractivity contribution in [1.29, 1.82) is 0 Å². The van der Waals surface area contributed by atoms with E-state index < -0.39 is 11.7 Å². The van der Waals surface area contributed by atoms with Gasteiger partial charge in [-0.3, -0.25) is 4.79 Å². The van der Waals surface area contributed by atoms with Crippen LogP contribution in [-0.2, 0) is 23.9 Å². The lowest BCUT2D eigenvalue weighted by atomic mass is 10.1. The highest BCUT2D eigenvalue weighted by molar-refractivity contribution is 5.78. The summed E-state index contributed by atoms with van der Waals surface area (Å²) in [6, 6.07) is 12.5. The number of carbonyl (C=O) groups excluding carboxylic acids is 1. The van der Waals surface area contributed by atoms with Crippen molar-refractivity contribution in [1.82, 2.24) is 14.9 Å². The van der Waals surface area contributed by atoms with Crippen LogP contribution in [0.1, 0.15) is 17.5 Å². The van der Waals surface area contributed by atoms with E-state index in [-0.39, 0.29) is 12.3 Å². The molecule has 0 radical (unpaired) electrons. The first-order valence-corrected chi connectivity index (χ1v) is 8.26. The smallest absolute Gasteiger partial charge is 0.356 e. The largest absolute Gasteiger partial charge is 0.416 e. The number of alkyl halides is 3. The zero-order valence-electron chi connectivity index (χ0n) is 14.0. The number of nitrogens with one attached hydrogen (secondary N) is 1.